The van der Waals surface area contributed by atoms with Crippen molar-refractivity contribution in [2.75, 3.05) is 0 Å². The van der Waals surface area contributed by atoms with Gasteiger partial charge in [-0.3, -0.25) is 4.79 Å². The highest BCUT2D eigenvalue weighted by molar-refractivity contribution is 7.10. The third-order valence-electron chi connectivity index (χ3n) is 3.18. The number of thiophene rings is 1. The Balaban J connectivity index is 2.00. The molecule has 1 N–H and O–H groups in total. The number of amides is 1. The molecule has 19 heavy (non-hydrogen) atoms. The van der Waals surface area contributed by atoms with Gasteiger partial charge in [-0.2, -0.15) is 0 Å². The normalized spacial score (nSPS) is 12.2. The molecule has 1 amide bonds. The third kappa shape index (κ3) is 3.67. The standard InChI is InChI=1S/C16H19NOS/c1-11-6-7-15(12(2)9-11)13(3)17-16(18)10-14-5-4-8-19-14/h4-9,13H,10H2,1-3H3,(H,17,18)/t13-/m1/s1. The third-order valence-corrected chi connectivity index (χ3v) is 4.06. The number of benzene rings is 1. The quantitative estimate of drug-likeness (QED) is 0.902. The highest BCUT2D eigenvalue weighted by atomic mass is 32.1. The van der Waals surface area contributed by atoms with Gasteiger partial charge in [-0.15, -0.1) is 11.3 Å². The van der Waals surface area contributed by atoms with E-state index in [-0.39, 0.29) is 11.9 Å². The summed E-state index contributed by atoms with van der Waals surface area (Å²) in [5.41, 5.74) is 3.66. The SMILES string of the molecule is Cc1ccc([C@@H](C)NC(=O)Cc2cccs2)c(C)c1. The van der Waals surface area contributed by atoms with E-state index in [2.05, 4.69) is 37.4 Å². The van der Waals surface area contributed by atoms with Crippen molar-refractivity contribution in [3.05, 3.63) is 57.3 Å². The second-order valence-corrected chi connectivity index (χ2v) is 5.94. The van der Waals surface area contributed by atoms with Crippen LogP contribution < -0.4 is 5.32 Å². The van der Waals surface area contributed by atoms with E-state index in [0.29, 0.717) is 6.42 Å². The summed E-state index contributed by atoms with van der Waals surface area (Å²) in [4.78, 5) is 13.1. The molecule has 1 aromatic heterocycles. The average Bonchev–Trinajstić information content (AvgIpc) is 2.81. The molecule has 100 valence electrons. The predicted molar refractivity (Wildman–Crippen MR) is 80.5 cm³/mol. The van der Waals surface area contributed by atoms with Gasteiger partial charge in [0.1, 0.15) is 0 Å². The Morgan fingerprint density at radius 3 is 2.74 bits per heavy atom. The molecule has 2 nitrogen and oxygen atoms in total. The van der Waals surface area contributed by atoms with Crippen molar-refractivity contribution in [2.45, 2.75) is 33.2 Å². The number of hydrogen-bond donors (Lipinski definition) is 1. The zero-order valence-corrected chi connectivity index (χ0v) is 12.4. The van der Waals surface area contributed by atoms with Crippen LogP contribution in [0, 0.1) is 13.8 Å². The molecule has 0 spiro atoms. The Hall–Kier alpha value is -1.61. The fraction of sp³-hybridized carbons (Fsp3) is 0.312. The van der Waals surface area contributed by atoms with Crippen molar-refractivity contribution in [2.24, 2.45) is 0 Å². The van der Waals surface area contributed by atoms with Crippen molar-refractivity contribution in [1.82, 2.24) is 5.32 Å². The Bertz CT molecular complexity index is 560. The van der Waals surface area contributed by atoms with Crippen molar-refractivity contribution in [3.63, 3.8) is 0 Å². The molecule has 0 bridgehead atoms. The highest BCUT2D eigenvalue weighted by Crippen LogP contribution is 2.19. The Labute approximate surface area is 118 Å². The summed E-state index contributed by atoms with van der Waals surface area (Å²) in [5, 5.41) is 5.06. The zero-order valence-electron chi connectivity index (χ0n) is 11.6. The number of aryl methyl sites for hydroxylation is 2. The van der Waals surface area contributed by atoms with Crippen LogP contribution in [0.3, 0.4) is 0 Å². The molecule has 0 aliphatic heterocycles. The summed E-state index contributed by atoms with van der Waals surface area (Å²) >= 11 is 1.62. The predicted octanol–water partition coefficient (Wildman–Crippen LogP) is 3.78. The van der Waals surface area contributed by atoms with Gasteiger partial charge >= 0.3 is 0 Å². The van der Waals surface area contributed by atoms with E-state index in [4.69, 9.17) is 0 Å². The van der Waals surface area contributed by atoms with Gasteiger partial charge in [0.25, 0.3) is 0 Å². The number of carbonyl (C=O) groups excluding carboxylic acids is 1. The minimum Gasteiger partial charge on any atom is -0.349 e. The average molecular weight is 273 g/mol. The molecule has 3 heteroatoms. The summed E-state index contributed by atoms with van der Waals surface area (Å²) in [6.45, 7) is 6.20. The molecule has 0 unspecified atom stereocenters. The monoisotopic (exact) mass is 273 g/mol. The maximum Gasteiger partial charge on any atom is 0.225 e. The lowest BCUT2D eigenvalue weighted by Gasteiger charge is -2.17. The van der Waals surface area contributed by atoms with E-state index in [9.17, 15) is 4.79 Å². The van der Waals surface area contributed by atoms with Crippen LogP contribution in [0.4, 0.5) is 0 Å². The van der Waals surface area contributed by atoms with E-state index < -0.39 is 0 Å². The van der Waals surface area contributed by atoms with Gasteiger partial charge in [0.15, 0.2) is 0 Å². The topological polar surface area (TPSA) is 29.1 Å². The first kappa shape index (κ1) is 13.8. The van der Waals surface area contributed by atoms with E-state index in [1.165, 1.54) is 16.7 Å². The maximum absolute atomic E-state index is 12.0. The first-order valence-electron chi connectivity index (χ1n) is 6.45. The summed E-state index contributed by atoms with van der Waals surface area (Å²) in [7, 11) is 0. The molecule has 0 saturated carbocycles. The maximum atomic E-state index is 12.0. The number of nitrogens with one attached hydrogen (secondary N) is 1. The number of rotatable bonds is 4. The summed E-state index contributed by atoms with van der Waals surface area (Å²) < 4.78 is 0. The Morgan fingerprint density at radius 2 is 2.11 bits per heavy atom. The van der Waals surface area contributed by atoms with Crippen LogP contribution in [0.25, 0.3) is 0 Å². The fourth-order valence-corrected chi connectivity index (χ4v) is 2.96. The molecule has 2 rings (SSSR count). The largest absolute Gasteiger partial charge is 0.349 e. The van der Waals surface area contributed by atoms with E-state index in [1.807, 2.05) is 24.4 Å². The summed E-state index contributed by atoms with van der Waals surface area (Å²) in [5.74, 6) is 0.0786. The lowest BCUT2D eigenvalue weighted by atomic mass is 10.0. The fourth-order valence-electron chi connectivity index (χ4n) is 2.25. The molecule has 0 radical (unpaired) electrons. The molecule has 0 fully saturated rings. The second-order valence-electron chi connectivity index (χ2n) is 4.91. The number of hydrogen-bond acceptors (Lipinski definition) is 2. The van der Waals surface area contributed by atoms with Gasteiger partial charge in [0.2, 0.25) is 5.91 Å². The van der Waals surface area contributed by atoms with Crippen LogP contribution >= 0.6 is 11.3 Å². The van der Waals surface area contributed by atoms with Crippen molar-refractivity contribution in [3.8, 4) is 0 Å². The molecule has 0 aliphatic carbocycles. The van der Waals surface area contributed by atoms with Crippen molar-refractivity contribution in [1.29, 1.82) is 0 Å². The van der Waals surface area contributed by atoms with Gasteiger partial charge < -0.3 is 5.32 Å². The molecule has 0 saturated heterocycles. The highest BCUT2D eigenvalue weighted by Gasteiger charge is 2.12. The second kappa shape index (κ2) is 6.02. The van der Waals surface area contributed by atoms with Crippen molar-refractivity contribution >= 4 is 17.2 Å². The van der Waals surface area contributed by atoms with Crippen LogP contribution in [0.5, 0.6) is 0 Å². The van der Waals surface area contributed by atoms with Crippen LogP contribution in [0.15, 0.2) is 35.7 Å². The summed E-state index contributed by atoms with van der Waals surface area (Å²) in [6.07, 6.45) is 0.465. The minimum absolute atomic E-state index is 0.0491. The Morgan fingerprint density at radius 1 is 1.32 bits per heavy atom. The van der Waals surface area contributed by atoms with Gasteiger partial charge in [-0.1, -0.05) is 29.8 Å². The Kier molecular flexibility index (Phi) is 4.38. The summed E-state index contributed by atoms with van der Waals surface area (Å²) in [6, 6.07) is 10.3. The molecule has 1 atom stereocenters. The molecule has 1 aromatic carbocycles. The first-order valence-corrected chi connectivity index (χ1v) is 7.33. The van der Waals surface area contributed by atoms with E-state index >= 15 is 0 Å². The molecular weight excluding hydrogens is 254 g/mol. The van der Waals surface area contributed by atoms with Crippen LogP contribution in [0.2, 0.25) is 0 Å². The van der Waals surface area contributed by atoms with E-state index in [1.54, 1.807) is 11.3 Å². The minimum atomic E-state index is 0.0491. The molecule has 1 heterocycles. The van der Waals surface area contributed by atoms with Crippen LogP contribution in [-0.4, -0.2) is 5.91 Å². The molecule has 0 aliphatic rings. The number of carbonyl (C=O) groups is 1. The lowest BCUT2D eigenvalue weighted by molar-refractivity contribution is -0.121. The van der Waals surface area contributed by atoms with Crippen molar-refractivity contribution < 1.29 is 4.79 Å². The van der Waals surface area contributed by atoms with Gasteiger partial charge in [0.05, 0.1) is 12.5 Å². The first-order chi connectivity index (χ1) is 9.06. The lowest BCUT2D eigenvalue weighted by Crippen LogP contribution is -2.28. The van der Waals surface area contributed by atoms with Crippen LogP contribution in [0.1, 0.15) is 34.5 Å². The van der Waals surface area contributed by atoms with E-state index in [0.717, 1.165) is 4.88 Å². The van der Waals surface area contributed by atoms with Crippen LogP contribution in [-0.2, 0) is 11.2 Å². The van der Waals surface area contributed by atoms with Gasteiger partial charge in [0, 0.05) is 4.88 Å². The molecule has 2 aromatic rings. The molecular formula is C16H19NOS. The van der Waals surface area contributed by atoms with Gasteiger partial charge in [-0.25, -0.2) is 0 Å². The zero-order chi connectivity index (χ0) is 13.8. The van der Waals surface area contributed by atoms with Gasteiger partial charge in [-0.05, 0) is 43.3 Å². The smallest absolute Gasteiger partial charge is 0.225 e.